The van der Waals surface area contributed by atoms with Crippen molar-refractivity contribution in [3.8, 4) is 11.5 Å². The second kappa shape index (κ2) is 8.99. The molecule has 8 nitrogen and oxygen atoms in total. The highest BCUT2D eigenvalue weighted by Gasteiger charge is 2.47. The Hall–Kier alpha value is -3.03. The van der Waals surface area contributed by atoms with E-state index in [-0.39, 0.29) is 42.5 Å². The molecule has 31 heavy (non-hydrogen) atoms. The first kappa shape index (κ1) is 21.2. The summed E-state index contributed by atoms with van der Waals surface area (Å²) in [6, 6.07) is 7.77. The monoisotopic (exact) mass is 424 g/mol. The van der Waals surface area contributed by atoms with E-state index >= 15 is 0 Å². The number of likely N-dealkylation sites (tertiary alicyclic amines) is 1. The van der Waals surface area contributed by atoms with Gasteiger partial charge >= 0.3 is 0 Å². The number of nitrogens with zero attached hydrogens (tertiary/aromatic N) is 4. The number of hydrogen-bond acceptors (Lipinski definition) is 6. The summed E-state index contributed by atoms with van der Waals surface area (Å²) in [6.07, 6.45) is 4.35. The summed E-state index contributed by atoms with van der Waals surface area (Å²) in [5.41, 5.74) is 1.98. The molecule has 1 aliphatic heterocycles. The number of aryl methyl sites for hydroxylation is 1. The lowest BCUT2D eigenvalue weighted by molar-refractivity contribution is -0.140. The second-order valence-electron chi connectivity index (χ2n) is 8.55. The third-order valence-corrected chi connectivity index (χ3v) is 6.27. The minimum atomic E-state index is -0.139. The summed E-state index contributed by atoms with van der Waals surface area (Å²) in [4.78, 5) is 40.4. The van der Waals surface area contributed by atoms with E-state index in [2.05, 4.69) is 10.2 Å². The van der Waals surface area contributed by atoms with Crippen molar-refractivity contribution < 1.29 is 18.8 Å². The maximum absolute atomic E-state index is 12.5. The lowest BCUT2D eigenvalue weighted by atomic mass is 9.81. The maximum atomic E-state index is 12.5. The van der Waals surface area contributed by atoms with Crippen molar-refractivity contribution in [2.75, 3.05) is 13.6 Å². The van der Waals surface area contributed by atoms with Crippen LogP contribution >= 0.6 is 0 Å². The number of benzene rings is 1. The molecular weight excluding hydrogens is 396 g/mol. The van der Waals surface area contributed by atoms with E-state index in [1.54, 1.807) is 7.05 Å². The van der Waals surface area contributed by atoms with E-state index in [1.165, 1.54) is 9.80 Å². The molecule has 2 aromatic rings. The number of fused-ring (bicyclic) bond motifs is 1. The van der Waals surface area contributed by atoms with E-state index < -0.39 is 0 Å². The van der Waals surface area contributed by atoms with Crippen LogP contribution in [0.3, 0.4) is 0 Å². The van der Waals surface area contributed by atoms with Gasteiger partial charge in [0.15, 0.2) is 0 Å². The van der Waals surface area contributed by atoms with E-state index in [1.807, 2.05) is 31.2 Å². The molecule has 1 aliphatic carbocycles. The lowest BCUT2D eigenvalue weighted by Gasteiger charge is -2.19. The number of carbonyl (C=O) groups excluding carboxylic acids is 3. The summed E-state index contributed by atoms with van der Waals surface area (Å²) in [5.74, 6) is 0.310. The van der Waals surface area contributed by atoms with Crippen LogP contribution in [0.25, 0.3) is 11.5 Å². The Bertz CT molecular complexity index is 944. The van der Waals surface area contributed by atoms with Gasteiger partial charge in [-0.15, -0.1) is 10.2 Å². The van der Waals surface area contributed by atoms with Gasteiger partial charge in [0, 0.05) is 25.6 Å². The Morgan fingerprint density at radius 1 is 1.10 bits per heavy atom. The molecular formula is C23H28N4O4. The fourth-order valence-corrected chi connectivity index (χ4v) is 4.45. The lowest BCUT2D eigenvalue weighted by Crippen LogP contribution is -2.33. The quantitative estimate of drug-likeness (QED) is 0.634. The highest BCUT2D eigenvalue weighted by atomic mass is 16.4. The number of hydrogen-bond donors (Lipinski definition) is 0. The van der Waals surface area contributed by atoms with Crippen molar-refractivity contribution in [2.24, 2.45) is 11.8 Å². The van der Waals surface area contributed by atoms with E-state index in [4.69, 9.17) is 4.42 Å². The number of amides is 3. The summed E-state index contributed by atoms with van der Waals surface area (Å²) in [5, 5.41) is 8.09. The SMILES string of the molecule is Cc1ccc(-c2nnc(CN(C)C(=O)CCCN3C(=O)[C@@H]4CCCC[C@H]4C3=O)o2)cc1. The minimum absolute atomic E-state index is 0.0509. The number of imide groups is 1. The number of aromatic nitrogens is 2. The molecule has 1 saturated heterocycles. The first-order valence-corrected chi connectivity index (χ1v) is 10.9. The summed E-state index contributed by atoms with van der Waals surface area (Å²) >= 11 is 0. The predicted molar refractivity (Wildman–Crippen MR) is 112 cm³/mol. The van der Waals surface area contributed by atoms with Gasteiger partial charge in [0.2, 0.25) is 29.5 Å². The van der Waals surface area contributed by atoms with Crippen LogP contribution in [0, 0.1) is 18.8 Å². The standard InChI is InChI=1S/C23H28N4O4/c1-15-9-11-16(12-10-15)21-25-24-19(31-21)14-26(2)20(28)8-5-13-27-22(29)17-6-3-4-7-18(17)23(27)30/h9-12,17-18H,3-8,13-14H2,1-2H3/t17-,18-/m1/s1. The van der Waals surface area contributed by atoms with Crippen molar-refractivity contribution in [3.63, 3.8) is 0 Å². The smallest absolute Gasteiger partial charge is 0.247 e. The van der Waals surface area contributed by atoms with E-state index in [0.29, 0.717) is 24.7 Å². The second-order valence-corrected chi connectivity index (χ2v) is 8.55. The average molecular weight is 425 g/mol. The first-order chi connectivity index (χ1) is 14.9. The largest absolute Gasteiger partial charge is 0.419 e. The van der Waals surface area contributed by atoms with Gasteiger partial charge < -0.3 is 9.32 Å². The fraction of sp³-hybridized carbons (Fsp3) is 0.522. The predicted octanol–water partition coefficient (Wildman–Crippen LogP) is 2.96. The number of carbonyl (C=O) groups is 3. The third kappa shape index (κ3) is 4.52. The van der Waals surface area contributed by atoms with Crippen LogP contribution in [0.15, 0.2) is 28.7 Å². The van der Waals surface area contributed by atoms with Gasteiger partial charge in [0.25, 0.3) is 0 Å². The first-order valence-electron chi connectivity index (χ1n) is 10.9. The zero-order chi connectivity index (χ0) is 22.0. The molecule has 0 radical (unpaired) electrons. The molecule has 164 valence electrons. The van der Waals surface area contributed by atoms with Crippen molar-refractivity contribution >= 4 is 17.7 Å². The molecule has 1 aromatic heterocycles. The van der Waals surface area contributed by atoms with Crippen LogP contribution in [-0.4, -0.2) is 51.3 Å². The molecule has 1 aromatic carbocycles. The molecule has 2 fully saturated rings. The van der Waals surface area contributed by atoms with Crippen LogP contribution < -0.4 is 0 Å². The normalized spacial score (nSPS) is 20.8. The van der Waals surface area contributed by atoms with Crippen molar-refractivity contribution in [3.05, 3.63) is 35.7 Å². The Balaban J connectivity index is 1.26. The number of rotatable bonds is 7. The molecule has 4 rings (SSSR count). The van der Waals surface area contributed by atoms with Crippen molar-refractivity contribution in [2.45, 2.75) is 52.0 Å². The van der Waals surface area contributed by atoms with Gasteiger partial charge in [0.05, 0.1) is 18.4 Å². The van der Waals surface area contributed by atoms with E-state index in [9.17, 15) is 14.4 Å². The zero-order valence-corrected chi connectivity index (χ0v) is 18.0. The maximum Gasteiger partial charge on any atom is 0.247 e. The molecule has 1 saturated carbocycles. The van der Waals surface area contributed by atoms with Gasteiger partial charge in [-0.2, -0.15) is 0 Å². The highest BCUT2D eigenvalue weighted by molar-refractivity contribution is 6.05. The molecule has 0 bridgehead atoms. The van der Waals surface area contributed by atoms with Crippen molar-refractivity contribution in [1.29, 1.82) is 0 Å². The van der Waals surface area contributed by atoms with Gasteiger partial charge in [-0.1, -0.05) is 30.5 Å². The average Bonchev–Trinajstić information content (AvgIpc) is 3.33. The fourth-order valence-electron chi connectivity index (χ4n) is 4.45. The molecule has 0 spiro atoms. The van der Waals surface area contributed by atoms with E-state index in [0.717, 1.165) is 36.8 Å². The third-order valence-electron chi connectivity index (χ3n) is 6.27. The Kier molecular flexibility index (Phi) is 6.15. The van der Waals surface area contributed by atoms with Gasteiger partial charge in [-0.25, -0.2) is 0 Å². The zero-order valence-electron chi connectivity index (χ0n) is 18.0. The summed E-state index contributed by atoms with van der Waals surface area (Å²) in [7, 11) is 1.68. The Labute approximate surface area is 181 Å². The Morgan fingerprint density at radius 2 is 1.74 bits per heavy atom. The molecule has 2 heterocycles. The van der Waals surface area contributed by atoms with Crippen molar-refractivity contribution in [1.82, 2.24) is 20.0 Å². The van der Waals surface area contributed by atoms with Crippen LogP contribution in [-0.2, 0) is 20.9 Å². The molecule has 8 heteroatoms. The van der Waals surface area contributed by atoms with Crippen LogP contribution in [0.5, 0.6) is 0 Å². The van der Waals surface area contributed by atoms with Crippen LogP contribution in [0.2, 0.25) is 0 Å². The van der Waals surface area contributed by atoms with Crippen LogP contribution in [0.1, 0.15) is 50.0 Å². The highest BCUT2D eigenvalue weighted by Crippen LogP contribution is 2.38. The topological polar surface area (TPSA) is 96.6 Å². The van der Waals surface area contributed by atoms with Crippen LogP contribution in [0.4, 0.5) is 0 Å². The van der Waals surface area contributed by atoms with Gasteiger partial charge in [-0.3, -0.25) is 19.3 Å². The molecule has 2 atom stereocenters. The molecule has 0 N–H and O–H groups in total. The molecule has 2 aliphatic rings. The van der Waals surface area contributed by atoms with Gasteiger partial charge in [-0.05, 0) is 38.3 Å². The molecule has 0 unspecified atom stereocenters. The molecule has 3 amide bonds. The summed E-state index contributed by atoms with van der Waals surface area (Å²) in [6.45, 7) is 2.53. The Morgan fingerprint density at radius 3 is 2.39 bits per heavy atom. The van der Waals surface area contributed by atoms with Gasteiger partial charge in [0.1, 0.15) is 0 Å². The minimum Gasteiger partial charge on any atom is -0.419 e. The summed E-state index contributed by atoms with van der Waals surface area (Å²) < 4.78 is 5.68.